The van der Waals surface area contributed by atoms with Crippen molar-refractivity contribution in [3.05, 3.63) is 0 Å². The number of unbranched alkanes of at least 4 members (excludes halogenated alkanes) is 1. The van der Waals surface area contributed by atoms with Crippen LogP contribution < -0.4 is 0 Å². The Hall–Kier alpha value is 0.310. The van der Waals surface area contributed by atoms with Gasteiger partial charge in [-0.05, 0) is 6.42 Å². The molecule has 0 aromatic heterocycles. The van der Waals surface area contributed by atoms with Gasteiger partial charge in [-0.25, -0.2) is 0 Å². The lowest BCUT2D eigenvalue weighted by Gasteiger charge is -2.05. The second-order valence-electron chi connectivity index (χ2n) is 2.08. The van der Waals surface area contributed by atoms with E-state index in [1.807, 2.05) is 0 Å². The molecule has 0 radical (unpaired) electrons. The van der Waals surface area contributed by atoms with Gasteiger partial charge in [0.05, 0.1) is 19.8 Å². The average Bonchev–Trinajstić information content (AvgIpc) is 2.41. The Labute approximate surface area is 62.7 Å². The second kappa shape index (κ2) is 5.03. The van der Waals surface area contributed by atoms with Gasteiger partial charge in [-0.3, -0.25) is 0 Å². The highest BCUT2D eigenvalue weighted by Crippen LogP contribution is 2.43. The van der Waals surface area contributed by atoms with Crippen LogP contribution >= 0.6 is 8.60 Å². The minimum absolute atomic E-state index is 0.692. The summed E-state index contributed by atoms with van der Waals surface area (Å²) in [6, 6.07) is 0. The quantitative estimate of drug-likeness (QED) is 0.470. The fourth-order valence-corrected chi connectivity index (χ4v) is 1.57. The van der Waals surface area contributed by atoms with Gasteiger partial charge in [0.25, 0.3) is 0 Å². The Kier molecular flexibility index (Phi) is 4.23. The van der Waals surface area contributed by atoms with Crippen molar-refractivity contribution < 1.29 is 13.6 Å². The Morgan fingerprint density at radius 3 is 2.70 bits per heavy atom. The zero-order valence-corrected chi connectivity index (χ0v) is 7.10. The molecule has 1 rings (SSSR count). The second-order valence-corrected chi connectivity index (χ2v) is 3.30. The summed E-state index contributed by atoms with van der Waals surface area (Å²) in [7, 11) is -0.957. The lowest BCUT2D eigenvalue weighted by Crippen LogP contribution is -1.88. The van der Waals surface area contributed by atoms with Gasteiger partial charge in [0.2, 0.25) is 0 Å². The fourth-order valence-electron chi connectivity index (χ4n) is 0.619. The molecule has 0 amide bonds. The molecule has 60 valence electrons. The van der Waals surface area contributed by atoms with Gasteiger partial charge in [-0.15, -0.1) is 0 Å². The van der Waals surface area contributed by atoms with Crippen LogP contribution in [0.15, 0.2) is 0 Å². The predicted molar refractivity (Wildman–Crippen MR) is 39.7 cm³/mol. The van der Waals surface area contributed by atoms with Gasteiger partial charge < -0.3 is 13.6 Å². The molecule has 0 atom stereocenters. The summed E-state index contributed by atoms with van der Waals surface area (Å²) in [5.74, 6) is 0. The van der Waals surface area contributed by atoms with Crippen molar-refractivity contribution in [2.45, 2.75) is 19.8 Å². The highest BCUT2D eigenvalue weighted by Gasteiger charge is 2.17. The SMILES string of the molecule is CCCCOP1OCCO1. The lowest BCUT2D eigenvalue weighted by atomic mass is 10.4. The van der Waals surface area contributed by atoms with Crippen molar-refractivity contribution in [1.82, 2.24) is 0 Å². The molecule has 0 unspecified atom stereocenters. The Morgan fingerprint density at radius 2 is 2.10 bits per heavy atom. The van der Waals surface area contributed by atoms with Crippen molar-refractivity contribution in [2.24, 2.45) is 0 Å². The summed E-state index contributed by atoms with van der Waals surface area (Å²) in [4.78, 5) is 0. The maximum atomic E-state index is 5.26. The molecule has 0 aliphatic carbocycles. The van der Waals surface area contributed by atoms with Crippen LogP contribution in [-0.4, -0.2) is 19.8 Å². The molecule has 1 aliphatic heterocycles. The topological polar surface area (TPSA) is 27.7 Å². The molecule has 1 heterocycles. The van der Waals surface area contributed by atoms with E-state index in [0.717, 1.165) is 19.4 Å². The van der Waals surface area contributed by atoms with E-state index in [2.05, 4.69) is 6.92 Å². The number of rotatable bonds is 4. The molecule has 1 fully saturated rings. The zero-order chi connectivity index (χ0) is 7.23. The summed E-state index contributed by atoms with van der Waals surface area (Å²) < 4.78 is 15.5. The highest BCUT2D eigenvalue weighted by atomic mass is 31.2. The van der Waals surface area contributed by atoms with E-state index >= 15 is 0 Å². The molecule has 1 aliphatic rings. The maximum absolute atomic E-state index is 5.26. The van der Waals surface area contributed by atoms with Crippen LogP contribution in [0.5, 0.6) is 0 Å². The largest absolute Gasteiger partial charge is 0.332 e. The number of hydrogen-bond donors (Lipinski definition) is 0. The summed E-state index contributed by atoms with van der Waals surface area (Å²) >= 11 is 0. The van der Waals surface area contributed by atoms with Crippen LogP contribution in [0, 0.1) is 0 Å². The first-order valence-electron chi connectivity index (χ1n) is 3.62. The first-order valence-corrected chi connectivity index (χ1v) is 4.72. The van der Waals surface area contributed by atoms with Gasteiger partial charge in [0.1, 0.15) is 0 Å². The molecule has 0 aromatic carbocycles. The minimum atomic E-state index is -0.957. The van der Waals surface area contributed by atoms with Gasteiger partial charge >= 0.3 is 8.60 Å². The average molecular weight is 164 g/mol. The Morgan fingerprint density at radius 1 is 1.40 bits per heavy atom. The van der Waals surface area contributed by atoms with E-state index in [9.17, 15) is 0 Å². The molecule has 0 N–H and O–H groups in total. The predicted octanol–water partition coefficient (Wildman–Crippen LogP) is 2.08. The molecule has 1 saturated heterocycles. The normalized spacial score (nSPS) is 20.1. The van der Waals surface area contributed by atoms with E-state index in [-0.39, 0.29) is 0 Å². The van der Waals surface area contributed by atoms with E-state index in [1.165, 1.54) is 0 Å². The van der Waals surface area contributed by atoms with Crippen molar-refractivity contribution in [3.8, 4) is 0 Å². The summed E-state index contributed by atoms with van der Waals surface area (Å²) in [5.41, 5.74) is 0. The van der Waals surface area contributed by atoms with Crippen LogP contribution in [0.25, 0.3) is 0 Å². The van der Waals surface area contributed by atoms with Gasteiger partial charge in [-0.2, -0.15) is 0 Å². The molecule has 3 nitrogen and oxygen atoms in total. The van der Waals surface area contributed by atoms with E-state index in [0.29, 0.717) is 13.2 Å². The van der Waals surface area contributed by atoms with Crippen molar-refractivity contribution >= 4 is 8.60 Å². The van der Waals surface area contributed by atoms with Crippen molar-refractivity contribution in [1.29, 1.82) is 0 Å². The van der Waals surface area contributed by atoms with Crippen LogP contribution in [0.1, 0.15) is 19.8 Å². The standard InChI is InChI=1S/C6H13O3P/c1-2-3-4-7-10-8-5-6-9-10/h2-6H2,1H3. The molecular weight excluding hydrogens is 151 g/mol. The minimum Gasteiger partial charge on any atom is -0.312 e. The molecule has 0 bridgehead atoms. The molecule has 4 heteroatoms. The number of hydrogen-bond acceptors (Lipinski definition) is 3. The van der Waals surface area contributed by atoms with Crippen molar-refractivity contribution in [2.75, 3.05) is 19.8 Å². The van der Waals surface area contributed by atoms with Crippen LogP contribution in [-0.2, 0) is 13.6 Å². The Bertz CT molecular complexity index is 83.1. The van der Waals surface area contributed by atoms with Crippen LogP contribution in [0.3, 0.4) is 0 Å². The fraction of sp³-hybridized carbons (Fsp3) is 1.00. The van der Waals surface area contributed by atoms with Crippen LogP contribution in [0.4, 0.5) is 0 Å². The third-order valence-electron chi connectivity index (χ3n) is 1.17. The third kappa shape index (κ3) is 2.93. The van der Waals surface area contributed by atoms with Gasteiger partial charge in [-0.1, -0.05) is 13.3 Å². The highest BCUT2D eigenvalue weighted by molar-refractivity contribution is 7.41. The summed E-state index contributed by atoms with van der Waals surface area (Å²) in [5, 5.41) is 0. The zero-order valence-electron chi connectivity index (χ0n) is 6.21. The van der Waals surface area contributed by atoms with Crippen molar-refractivity contribution in [3.63, 3.8) is 0 Å². The smallest absolute Gasteiger partial charge is 0.312 e. The molecule has 0 saturated carbocycles. The van der Waals surface area contributed by atoms with Crippen LogP contribution in [0.2, 0.25) is 0 Å². The molecule has 10 heavy (non-hydrogen) atoms. The van der Waals surface area contributed by atoms with E-state index in [1.54, 1.807) is 0 Å². The molecule has 0 spiro atoms. The monoisotopic (exact) mass is 164 g/mol. The maximum Gasteiger partial charge on any atom is 0.332 e. The van der Waals surface area contributed by atoms with E-state index in [4.69, 9.17) is 13.6 Å². The summed E-state index contributed by atoms with van der Waals surface area (Å²) in [6.07, 6.45) is 2.24. The van der Waals surface area contributed by atoms with Gasteiger partial charge in [0, 0.05) is 0 Å². The Balaban J connectivity index is 1.91. The summed E-state index contributed by atoms with van der Waals surface area (Å²) in [6.45, 7) is 4.28. The molecule has 0 aromatic rings. The lowest BCUT2D eigenvalue weighted by molar-refractivity contribution is 0.243. The first-order chi connectivity index (χ1) is 4.93. The third-order valence-corrected chi connectivity index (χ3v) is 2.35. The first kappa shape index (κ1) is 8.41. The van der Waals surface area contributed by atoms with Gasteiger partial charge in [0.15, 0.2) is 0 Å². The van der Waals surface area contributed by atoms with E-state index < -0.39 is 8.60 Å². The molecular formula is C6H13O3P.